The molecule has 0 radical (unpaired) electrons. The van der Waals surface area contributed by atoms with Gasteiger partial charge >= 0.3 is 0 Å². The van der Waals surface area contributed by atoms with Crippen LogP contribution >= 0.6 is 11.3 Å². The smallest absolute Gasteiger partial charge is 0.281 e. The van der Waals surface area contributed by atoms with E-state index in [1.54, 1.807) is 11.3 Å². The molecule has 0 saturated heterocycles. The molecular formula is C24H24N4OS. The fourth-order valence-electron chi connectivity index (χ4n) is 3.09. The van der Waals surface area contributed by atoms with Gasteiger partial charge in [0, 0.05) is 16.0 Å². The van der Waals surface area contributed by atoms with Crippen molar-refractivity contribution < 1.29 is 4.79 Å². The van der Waals surface area contributed by atoms with Gasteiger partial charge in [0.2, 0.25) is 5.95 Å². The van der Waals surface area contributed by atoms with Gasteiger partial charge in [-0.2, -0.15) is 9.67 Å². The predicted molar refractivity (Wildman–Crippen MR) is 122 cm³/mol. The molecule has 0 aliphatic rings. The number of anilines is 1. The molecule has 4 rings (SSSR count). The summed E-state index contributed by atoms with van der Waals surface area (Å²) in [6.45, 7) is 7.04. The summed E-state index contributed by atoms with van der Waals surface area (Å²) in [5.41, 5.74) is 2.65. The molecule has 5 nitrogen and oxygen atoms in total. The van der Waals surface area contributed by atoms with E-state index in [1.807, 2.05) is 72.1 Å². The number of benzene rings is 2. The molecule has 0 spiro atoms. The quantitative estimate of drug-likeness (QED) is 0.460. The molecule has 1 N–H and O–H groups in total. The fourth-order valence-corrected chi connectivity index (χ4v) is 3.74. The Kier molecular flexibility index (Phi) is 5.50. The van der Waals surface area contributed by atoms with E-state index in [-0.39, 0.29) is 11.3 Å². The predicted octanol–water partition coefficient (Wildman–Crippen LogP) is 5.60. The Labute approximate surface area is 180 Å². The first-order valence-electron chi connectivity index (χ1n) is 9.86. The van der Waals surface area contributed by atoms with Crippen molar-refractivity contribution in [2.75, 3.05) is 5.32 Å². The van der Waals surface area contributed by atoms with Gasteiger partial charge in [0.1, 0.15) is 0 Å². The zero-order valence-electron chi connectivity index (χ0n) is 17.3. The lowest BCUT2D eigenvalue weighted by Crippen LogP contribution is -2.18. The number of hydrogen-bond acceptors (Lipinski definition) is 5. The molecule has 152 valence electrons. The number of thiophene rings is 1. The highest BCUT2D eigenvalue weighted by Crippen LogP contribution is 2.24. The lowest BCUT2D eigenvalue weighted by Gasteiger charge is -2.19. The molecule has 0 aliphatic carbocycles. The Morgan fingerprint density at radius 2 is 1.73 bits per heavy atom. The molecule has 0 atom stereocenters. The number of carbonyl (C=O) groups excluding carboxylic acids is 1. The molecule has 0 amide bonds. The van der Waals surface area contributed by atoms with Gasteiger partial charge in [-0.1, -0.05) is 69.3 Å². The van der Waals surface area contributed by atoms with E-state index >= 15 is 0 Å². The van der Waals surface area contributed by atoms with Gasteiger partial charge in [-0.05, 0) is 34.6 Å². The van der Waals surface area contributed by atoms with Crippen molar-refractivity contribution in [3.8, 4) is 11.4 Å². The van der Waals surface area contributed by atoms with Gasteiger partial charge in [0.15, 0.2) is 5.82 Å². The van der Waals surface area contributed by atoms with Crippen molar-refractivity contribution in [3.05, 3.63) is 88.1 Å². The lowest BCUT2D eigenvalue weighted by molar-refractivity contribution is 0.0947. The molecule has 4 aromatic rings. The highest BCUT2D eigenvalue weighted by Gasteiger charge is 2.20. The maximum absolute atomic E-state index is 13.3. The minimum absolute atomic E-state index is 0.0305. The molecule has 0 bridgehead atoms. The van der Waals surface area contributed by atoms with Crippen molar-refractivity contribution in [3.63, 3.8) is 0 Å². The number of nitrogens with zero attached hydrogens (tertiary/aromatic N) is 3. The van der Waals surface area contributed by atoms with Gasteiger partial charge in [-0.25, -0.2) is 0 Å². The number of hydrogen-bond donors (Lipinski definition) is 1. The van der Waals surface area contributed by atoms with Crippen LogP contribution in [-0.2, 0) is 12.0 Å². The molecule has 30 heavy (non-hydrogen) atoms. The second-order valence-corrected chi connectivity index (χ2v) is 9.13. The van der Waals surface area contributed by atoms with Gasteiger partial charge in [-0.15, -0.1) is 16.4 Å². The molecule has 0 saturated carbocycles. The highest BCUT2D eigenvalue weighted by molar-refractivity contribution is 7.09. The number of nitrogens with one attached hydrogen (secondary N) is 1. The monoisotopic (exact) mass is 416 g/mol. The van der Waals surface area contributed by atoms with E-state index in [1.165, 1.54) is 10.2 Å². The van der Waals surface area contributed by atoms with Gasteiger partial charge in [-0.3, -0.25) is 4.79 Å². The zero-order chi connectivity index (χ0) is 21.1. The van der Waals surface area contributed by atoms with Crippen molar-refractivity contribution in [2.24, 2.45) is 0 Å². The Morgan fingerprint density at radius 1 is 1.00 bits per heavy atom. The van der Waals surface area contributed by atoms with E-state index in [9.17, 15) is 4.79 Å². The van der Waals surface area contributed by atoms with E-state index in [0.717, 1.165) is 10.4 Å². The summed E-state index contributed by atoms with van der Waals surface area (Å²) >= 11 is 1.65. The first-order chi connectivity index (χ1) is 14.4. The van der Waals surface area contributed by atoms with Crippen LogP contribution < -0.4 is 5.32 Å². The Bertz CT molecular complexity index is 1120. The first-order valence-corrected chi connectivity index (χ1v) is 10.7. The third-order valence-corrected chi connectivity index (χ3v) is 5.71. The summed E-state index contributed by atoms with van der Waals surface area (Å²) in [7, 11) is 0. The second kappa shape index (κ2) is 8.24. The summed E-state index contributed by atoms with van der Waals surface area (Å²) in [5, 5.41) is 9.82. The van der Waals surface area contributed by atoms with Crippen LogP contribution in [0.1, 0.15) is 41.6 Å². The highest BCUT2D eigenvalue weighted by atomic mass is 32.1. The van der Waals surface area contributed by atoms with Crippen LogP contribution in [0.25, 0.3) is 11.4 Å². The summed E-state index contributed by atoms with van der Waals surface area (Å²) in [6, 6.07) is 21.4. The van der Waals surface area contributed by atoms with Crippen molar-refractivity contribution in [2.45, 2.75) is 32.7 Å². The second-order valence-electron chi connectivity index (χ2n) is 8.10. The number of rotatable bonds is 5. The average molecular weight is 417 g/mol. The minimum atomic E-state index is -0.209. The van der Waals surface area contributed by atoms with Crippen LogP contribution in [0.15, 0.2) is 72.1 Å². The van der Waals surface area contributed by atoms with Crippen LogP contribution in [0, 0.1) is 0 Å². The number of aromatic nitrogens is 3. The normalized spacial score (nSPS) is 11.4. The van der Waals surface area contributed by atoms with E-state index in [0.29, 0.717) is 23.9 Å². The van der Waals surface area contributed by atoms with Crippen molar-refractivity contribution in [1.29, 1.82) is 0 Å². The summed E-state index contributed by atoms with van der Waals surface area (Å²) in [4.78, 5) is 19.0. The SMILES string of the molecule is CC(C)(C)c1ccc(C(=O)n2nc(-c3ccccc3)nc2NCc2cccs2)cc1. The Morgan fingerprint density at radius 3 is 2.37 bits per heavy atom. The maximum atomic E-state index is 13.3. The lowest BCUT2D eigenvalue weighted by atomic mass is 9.87. The van der Waals surface area contributed by atoms with E-state index < -0.39 is 0 Å². The van der Waals surface area contributed by atoms with Crippen LogP contribution in [0.3, 0.4) is 0 Å². The first kappa shape index (κ1) is 20.0. The third kappa shape index (κ3) is 4.33. The topological polar surface area (TPSA) is 59.8 Å². The fraction of sp³-hybridized carbons (Fsp3) is 0.208. The molecule has 0 fully saturated rings. The van der Waals surface area contributed by atoms with Crippen LogP contribution in [-0.4, -0.2) is 20.7 Å². The summed E-state index contributed by atoms with van der Waals surface area (Å²) in [5.74, 6) is 0.745. The summed E-state index contributed by atoms with van der Waals surface area (Å²) in [6.07, 6.45) is 0. The van der Waals surface area contributed by atoms with E-state index in [4.69, 9.17) is 0 Å². The van der Waals surface area contributed by atoms with Gasteiger partial charge in [0.05, 0.1) is 6.54 Å². The van der Waals surface area contributed by atoms with Gasteiger partial charge in [0.25, 0.3) is 5.91 Å². The van der Waals surface area contributed by atoms with Crippen molar-refractivity contribution >= 4 is 23.2 Å². The Balaban J connectivity index is 1.67. The molecule has 0 unspecified atom stereocenters. The van der Waals surface area contributed by atoms with E-state index in [2.05, 4.69) is 36.2 Å². The van der Waals surface area contributed by atoms with Crippen LogP contribution in [0.4, 0.5) is 5.95 Å². The molecule has 0 aliphatic heterocycles. The van der Waals surface area contributed by atoms with Crippen molar-refractivity contribution in [1.82, 2.24) is 14.8 Å². The van der Waals surface area contributed by atoms with Gasteiger partial charge < -0.3 is 5.32 Å². The average Bonchev–Trinajstić information content (AvgIpc) is 3.42. The third-order valence-electron chi connectivity index (χ3n) is 4.83. The minimum Gasteiger partial charge on any atom is -0.349 e. The Hall–Kier alpha value is -3.25. The largest absolute Gasteiger partial charge is 0.349 e. The summed E-state index contributed by atoms with van der Waals surface area (Å²) < 4.78 is 1.36. The standard InChI is InChI=1S/C24H24N4OS/c1-24(2,3)19-13-11-18(12-14-19)22(29)28-23(25-16-20-10-7-15-30-20)26-21(27-28)17-8-5-4-6-9-17/h4-15H,16H2,1-3H3,(H,25,26,27). The number of carbonyl (C=O) groups is 1. The molecular weight excluding hydrogens is 392 g/mol. The molecule has 2 aromatic heterocycles. The molecule has 2 aromatic carbocycles. The molecule has 6 heteroatoms. The van der Waals surface area contributed by atoms with Crippen LogP contribution in [0.5, 0.6) is 0 Å². The van der Waals surface area contributed by atoms with Crippen LogP contribution in [0.2, 0.25) is 0 Å². The molecule has 2 heterocycles. The zero-order valence-corrected chi connectivity index (χ0v) is 18.1. The maximum Gasteiger partial charge on any atom is 0.281 e.